The molecule has 0 radical (unpaired) electrons. The van der Waals surface area contributed by atoms with Gasteiger partial charge in [0.25, 0.3) is 5.91 Å². The molecule has 1 saturated heterocycles. The highest BCUT2D eigenvalue weighted by atomic mass is 16.2. The summed E-state index contributed by atoms with van der Waals surface area (Å²) in [6, 6.07) is 7.56. The van der Waals surface area contributed by atoms with Gasteiger partial charge in [0.2, 0.25) is 0 Å². The zero-order valence-electron chi connectivity index (χ0n) is 8.74. The van der Waals surface area contributed by atoms with E-state index in [1.165, 1.54) is 0 Å². The number of hydrogen-bond donors (Lipinski definition) is 2. The lowest BCUT2D eigenvalue weighted by atomic mass is 10.1. The van der Waals surface area contributed by atoms with Gasteiger partial charge in [0, 0.05) is 7.05 Å². The molecule has 1 aliphatic heterocycles. The van der Waals surface area contributed by atoms with Gasteiger partial charge < -0.3 is 5.32 Å². The molecule has 2 N–H and O–H groups in total. The van der Waals surface area contributed by atoms with Gasteiger partial charge in [-0.2, -0.15) is 0 Å². The quantitative estimate of drug-likeness (QED) is 0.707. The molecule has 0 bridgehead atoms. The highest BCUT2D eigenvalue weighted by Gasteiger charge is 2.28. The Morgan fingerprint density at radius 2 is 2.20 bits per heavy atom. The summed E-state index contributed by atoms with van der Waals surface area (Å²) in [5, 5.41) is 5.69. The summed E-state index contributed by atoms with van der Waals surface area (Å²) in [6.45, 7) is 2.01. The third-order valence-electron chi connectivity index (χ3n) is 2.38. The molecule has 1 aromatic rings. The first-order valence-electron chi connectivity index (χ1n) is 4.81. The molecule has 1 amide bonds. The van der Waals surface area contributed by atoms with Crippen LogP contribution in [0.15, 0.2) is 29.3 Å². The van der Waals surface area contributed by atoms with E-state index in [2.05, 4.69) is 15.6 Å². The number of hydrogen-bond acceptors (Lipinski definition) is 2. The van der Waals surface area contributed by atoms with E-state index in [4.69, 9.17) is 0 Å². The van der Waals surface area contributed by atoms with Crippen LogP contribution in [-0.2, 0) is 4.79 Å². The predicted octanol–water partition coefficient (Wildman–Crippen LogP) is 0.741. The molecule has 0 spiro atoms. The van der Waals surface area contributed by atoms with Crippen LogP contribution in [0.5, 0.6) is 0 Å². The van der Waals surface area contributed by atoms with Crippen LogP contribution in [0.25, 0.3) is 0 Å². The first kappa shape index (κ1) is 9.71. The first-order chi connectivity index (χ1) is 7.20. The van der Waals surface area contributed by atoms with Crippen LogP contribution < -0.4 is 10.6 Å². The molecule has 1 atom stereocenters. The molecule has 0 saturated carbocycles. The van der Waals surface area contributed by atoms with E-state index in [1.807, 2.05) is 31.2 Å². The second-order valence-electron chi connectivity index (χ2n) is 3.55. The average Bonchev–Trinajstić information content (AvgIpc) is 2.60. The second-order valence-corrected chi connectivity index (χ2v) is 3.55. The lowest BCUT2D eigenvalue weighted by Gasteiger charge is -2.08. The van der Waals surface area contributed by atoms with Crippen molar-refractivity contribution in [3.63, 3.8) is 0 Å². The van der Waals surface area contributed by atoms with E-state index in [-0.39, 0.29) is 11.9 Å². The number of carbonyl (C=O) groups is 1. The van der Waals surface area contributed by atoms with Gasteiger partial charge in [0.15, 0.2) is 5.96 Å². The van der Waals surface area contributed by atoms with Crippen molar-refractivity contribution < 1.29 is 4.79 Å². The topological polar surface area (TPSA) is 53.5 Å². The fourth-order valence-corrected chi connectivity index (χ4v) is 1.63. The van der Waals surface area contributed by atoms with Crippen molar-refractivity contribution in [2.45, 2.75) is 13.0 Å². The van der Waals surface area contributed by atoms with Crippen LogP contribution in [0.4, 0.5) is 0 Å². The molecule has 1 heterocycles. The second kappa shape index (κ2) is 3.73. The number of nitrogens with zero attached hydrogens (tertiary/aromatic N) is 1. The van der Waals surface area contributed by atoms with Crippen molar-refractivity contribution in [1.82, 2.24) is 10.6 Å². The van der Waals surface area contributed by atoms with Crippen molar-refractivity contribution in [3.8, 4) is 0 Å². The number of aliphatic imine (C=N–C) groups is 1. The van der Waals surface area contributed by atoms with Gasteiger partial charge in [-0.3, -0.25) is 15.1 Å². The number of guanidine groups is 1. The number of nitrogens with one attached hydrogen (secondary N) is 2. The van der Waals surface area contributed by atoms with E-state index in [1.54, 1.807) is 7.05 Å². The summed E-state index contributed by atoms with van der Waals surface area (Å²) >= 11 is 0. The van der Waals surface area contributed by atoms with Crippen molar-refractivity contribution in [3.05, 3.63) is 35.4 Å². The van der Waals surface area contributed by atoms with E-state index >= 15 is 0 Å². The zero-order chi connectivity index (χ0) is 10.8. The molecule has 1 unspecified atom stereocenters. The van der Waals surface area contributed by atoms with Gasteiger partial charge in [-0.05, 0) is 12.5 Å². The summed E-state index contributed by atoms with van der Waals surface area (Å²) in [4.78, 5) is 15.5. The van der Waals surface area contributed by atoms with E-state index in [0.717, 1.165) is 11.1 Å². The summed E-state index contributed by atoms with van der Waals surface area (Å²) < 4.78 is 0. The summed E-state index contributed by atoms with van der Waals surface area (Å²) in [6.07, 6.45) is 0. The molecule has 0 aliphatic carbocycles. The molecular formula is C11H13N3O. The third-order valence-corrected chi connectivity index (χ3v) is 2.38. The molecule has 1 aliphatic rings. The van der Waals surface area contributed by atoms with Crippen molar-refractivity contribution >= 4 is 11.9 Å². The normalized spacial score (nSPS) is 22.7. The average molecular weight is 203 g/mol. The smallest absolute Gasteiger partial charge is 0.253 e. The van der Waals surface area contributed by atoms with E-state index in [9.17, 15) is 4.79 Å². The van der Waals surface area contributed by atoms with Gasteiger partial charge in [-0.1, -0.05) is 29.8 Å². The SMILES string of the molecule is CN=C1NC(=O)C(c2cccc(C)c2)N1. The standard InChI is InChI=1S/C11H13N3O/c1-7-4-3-5-8(6-7)9-10(15)14-11(12-2)13-9/h3-6,9H,1-2H3,(H2,12,13,14,15). The summed E-state index contributed by atoms with van der Waals surface area (Å²) in [5.74, 6) is 0.479. The Labute approximate surface area is 88.4 Å². The molecule has 1 aromatic carbocycles. The molecule has 0 aromatic heterocycles. The van der Waals surface area contributed by atoms with Crippen LogP contribution in [-0.4, -0.2) is 18.9 Å². The maximum atomic E-state index is 11.6. The number of aryl methyl sites for hydroxylation is 1. The summed E-state index contributed by atoms with van der Waals surface area (Å²) in [5.41, 5.74) is 2.11. The lowest BCUT2D eigenvalue weighted by molar-refractivity contribution is -0.120. The monoisotopic (exact) mass is 203 g/mol. The fraction of sp³-hybridized carbons (Fsp3) is 0.273. The van der Waals surface area contributed by atoms with Gasteiger partial charge in [0.05, 0.1) is 0 Å². The van der Waals surface area contributed by atoms with E-state index < -0.39 is 0 Å². The number of benzene rings is 1. The Kier molecular flexibility index (Phi) is 2.41. The van der Waals surface area contributed by atoms with Gasteiger partial charge in [0.1, 0.15) is 6.04 Å². The summed E-state index contributed by atoms with van der Waals surface area (Å²) in [7, 11) is 1.64. The highest BCUT2D eigenvalue weighted by Crippen LogP contribution is 2.17. The minimum Gasteiger partial charge on any atom is -0.340 e. The van der Waals surface area contributed by atoms with Crippen LogP contribution in [0.2, 0.25) is 0 Å². The van der Waals surface area contributed by atoms with Crippen molar-refractivity contribution in [1.29, 1.82) is 0 Å². The predicted molar refractivity (Wildman–Crippen MR) is 58.6 cm³/mol. The molecule has 4 heteroatoms. The van der Waals surface area contributed by atoms with Crippen LogP contribution in [0, 0.1) is 6.92 Å². The molecule has 1 fully saturated rings. The Hall–Kier alpha value is -1.84. The fourth-order valence-electron chi connectivity index (χ4n) is 1.63. The molecular weight excluding hydrogens is 190 g/mol. The lowest BCUT2D eigenvalue weighted by Crippen LogP contribution is -2.24. The van der Waals surface area contributed by atoms with E-state index in [0.29, 0.717) is 5.96 Å². The maximum absolute atomic E-state index is 11.6. The maximum Gasteiger partial charge on any atom is 0.253 e. The van der Waals surface area contributed by atoms with Gasteiger partial charge in [-0.15, -0.1) is 0 Å². The Bertz CT molecular complexity index is 426. The van der Waals surface area contributed by atoms with Crippen molar-refractivity contribution in [2.75, 3.05) is 7.05 Å². The largest absolute Gasteiger partial charge is 0.340 e. The number of carbonyl (C=O) groups excluding carboxylic acids is 1. The van der Waals surface area contributed by atoms with Crippen LogP contribution in [0.1, 0.15) is 17.2 Å². The third kappa shape index (κ3) is 1.83. The Balaban J connectivity index is 2.29. The van der Waals surface area contributed by atoms with Crippen molar-refractivity contribution in [2.24, 2.45) is 4.99 Å². The molecule has 2 rings (SSSR count). The molecule has 4 nitrogen and oxygen atoms in total. The van der Waals surface area contributed by atoms with Gasteiger partial charge >= 0.3 is 0 Å². The minimum absolute atomic E-state index is 0.0544. The number of rotatable bonds is 1. The minimum atomic E-state index is -0.316. The Morgan fingerprint density at radius 1 is 1.40 bits per heavy atom. The van der Waals surface area contributed by atoms with Gasteiger partial charge in [-0.25, -0.2) is 0 Å². The zero-order valence-corrected chi connectivity index (χ0v) is 8.74. The first-order valence-corrected chi connectivity index (χ1v) is 4.81. The molecule has 78 valence electrons. The number of amides is 1. The molecule has 15 heavy (non-hydrogen) atoms. The van der Waals surface area contributed by atoms with Crippen LogP contribution >= 0.6 is 0 Å². The van der Waals surface area contributed by atoms with Crippen LogP contribution in [0.3, 0.4) is 0 Å². The Morgan fingerprint density at radius 3 is 2.80 bits per heavy atom. The highest BCUT2D eigenvalue weighted by molar-refractivity contribution is 6.06.